The van der Waals surface area contributed by atoms with Crippen molar-refractivity contribution in [2.24, 2.45) is 5.73 Å². The summed E-state index contributed by atoms with van der Waals surface area (Å²) in [7, 11) is 0. The maximum atomic E-state index is 5.41. The first-order chi connectivity index (χ1) is 3.18. The fraction of sp³-hybridized carbons (Fsp3) is 0.800. The molecule has 0 saturated carbocycles. The zero-order chi connectivity index (χ0) is 5.86. The van der Waals surface area contributed by atoms with Gasteiger partial charge in [0.2, 0.25) is 0 Å². The van der Waals surface area contributed by atoms with Crippen LogP contribution in [-0.4, -0.2) is 10.9 Å². The van der Waals surface area contributed by atoms with Crippen LogP contribution in [0.4, 0.5) is 0 Å². The lowest BCUT2D eigenvalue weighted by Gasteiger charge is -2.00. The Balaban J connectivity index is 3.35. The van der Waals surface area contributed by atoms with Crippen molar-refractivity contribution in [1.82, 2.24) is 0 Å². The minimum atomic E-state index is 0.0972. The number of thiocarbonyl (C=S) groups is 1. The van der Waals surface area contributed by atoms with E-state index in [1.54, 1.807) is 0 Å². The Morgan fingerprint density at radius 2 is 2.29 bits per heavy atom. The van der Waals surface area contributed by atoms with Crippen molar-refractivity contribution in [3.63, 3.8) is 0 Å². The highest BCUT2D eigenvalue weighted by Gasteiger charge is 1.95. The molecule has 0 aliphatic carbocycles. The summed E-state index contributed by atoms with van der Waals surface area (Å²) in [5, 5.41) is 0. The molecule has 2 N–H and O–H groups in total. The molecule has 0 aliphatic rings. The van der Waals surface area contributed by atoms with Crippen molar-refractivity contribution in [2.75, 3.05) is 0 Å². The second kappa shape index (κ2) is 3.10. The molecule has 0 aromatic carbocycles. The average molecular weight is 117 g/mol. The summed E-state index contributed by atoms with van der Waals surface area (Å²) in [4.78, 5) is 0.958. The quantitative estimate of drug-likeness (QED) is 0.548. The molecule has 1 atom stereocenters. The number of nitrogens with two attached hydrogens (primary N) is 1. The largest absolute Gasteiger partial charge is 0.324 e. The monoisotopic (exact) mass is 117 g/mol. The van der Waals surface area contributed by atoms with E-state index in [0.717, 1.165) is 11.3 Å². The van der Waals surface area contributed by atoms with Gasteiger partial charge in [0.15, 0.2) is 0 Å². The Hall–Kier alpha value is 0.0500. The van der Waals surface area contributed by atoms with Crippen LogP contribution in [-0.2, 0) is 0 Å². The van der Waals surface area contributed by atoms with Crippen LogP contribution in [0.1, 0.15) is 20.3 Å². The first-order valence-electron chi connectivity index (χ1n) is 2.46. The average Bonchev–Trinajstić information content (AvgIpc) is 1.65. The normalized spacial score (nSPS) is 13.6. The third kappa shape index (κ3) is 2.71. The molecule has 0 saturated heterocycles. The van der Waals surface area contributed by atoms with Gasteiger partial charge in [0.05, 0.1) is 0 Å². The molecular formula is C5H11NS. The molecule has 7 heavy (non-hydrogen) atoms. The molecule has 0 radical (unpaired) electrons. The highest BCUT2D eigenvalue weighted by molar-refractivity contribution is 7.80. The fourth-order valence-electron chi connectivity index (χ4n) is 0.322. The molecule has 0 heterocycles. The van der Waals surface area contributed by atoms with Gasteiger partial charge in [-0.3, -0.25) is 0 Å². The van der Waals surface area contributed by atoms with Gasteiger partial charge in [0.25, 0.3) is 0 Å². The highest BCUT2D eigenvalue weighted by Crippen LogP contribution is 1.87. The Morgan fingerprint density at radius 3 is 2.29 bits per heavy atom. The van der Waals surface area contributed by atoms with Crippen molar-refractivity contribution in [3.05, 3.63) is 0 Å². The van der Waals surface area contributed by atoms with Gasteiger partial charge in [-0.25, -0.2) is 0 Å². The second-order valence-corrected chi connectivity index (χ2v) is 2.13. The maximum Gasteiger partial charge on any atom is 0.0329 e. The molecule has 0 aliphatic heterocycles. The van der Waals surface area contributed by atoms with Gasteiger partial charge in [-0.05, 0) is 13.3 Å². The van der Waals surface area contributed by atoms with Crippen LogP contribution in [0.15, 0.2) is 0 Å². The summed E-state index contributed by atoms with van der Waals surface area (Å²) in [6.07, 6.45) is 0.924. The molecule has 42 valence electrons. The van der Waals surface area contributed by atoms with Gasteiger partial charge in [-0.15, -0.1) is 0 Å². The molecule has 0 bridgehead atoms. The molecule has 0 rings (SSSR count). The number of rotatable bonds is 2. The molecule has 1 nitrogen and oxygen atoms in total. The van der Waals surface area contributed by atoms with Gasteiger partial charge in [0, 0.05) is 10.9 Å². The lowest BCUT2D eigenvalue weighted by atomic mass is 10.2. The fourth-order valence-corrected chi connectivity index (χ4v) is 0.322. The van der Waals surface area contributed by atoms with E-state index in [4.69, 9.17) is 18.0 Å². The maximum absolute atomic E-state index is 5.41. The van der Waals surface area contributed by atoms with Gasteiger partial charge >= 0.3 is 0 Å². The van der Waals surface area contributed by atoms with E-state index in [1.807, 2.05) is 13.8 Å². The highest BCUT2D eigenvalue weighted by atomic mass is 32.1. The van der Waals surface area contributed by atoms with E-state index < -0.39 is 0 Å². The SMILES string of the molecule is CCC(=S)C(C)N. The molecule has 0 aromatic heterocycles. The van der Waals surface area contributed by atoms with E-state index in [1.165, 1.54) is 0 Å². The predicted octanol–water partition coefficient (Wildman–Crippen LogP) is 1.11. The topological polar surface area (TPSA) is 26.0 Å². The Morgan fingerprint density at radius 1 is 1.86 bits per heavy atom. The first-order valence-corrected chi connectivity index (χ1v) is 2.87. The molecule has 0 aromatic rings. The molecular weight excluding hydrogens is 106 g/mol. The molecule has 1 unspecified atom stereocenters. The summed E-state index contributed by atoms with van der Waals surface area (Å²) in [5.41, 5.74) is 5.41. The van der Waals surface area contributed by atoms with Crippen LogP contribution in [0.25, 0.3) is 0 Å². The zero-order valence-electron chi connectivity index (χ0n) is 4.77. The second-order valence-electron chi connectivity index (χ2n) is 1.61. The van der Waals surface area contributed by atoms with E-state index in [9.17, 15) is 0 Å². The summed E-state index contributed by atoms with van der Waals surface area (Å²) >= 11 is 4.85. The van der Waals surface area contributed by atoms with Crippen molar-refractivity contribution in [3.8, 4) is 0 Å². The number of hydrogen-bond acceptors (Lipinski definition) is 2. The Kier molecular flexibility index (Phi) is 3.13. The summed E-state index contributed by atoms with van der Waals surface area (Å²) in [6.45, 7) is 3.93. The lowest BCUT2D eigenvalue weighted by molar-refractivity contribution is 0.963. The van der Waals surface area contributed by atoms with Gasteiger partial charge < -0.3 is 5.73 Å². The van der Waals surface area contributed by atoms with Crippen LogP contribution in [0, 0.1) is 0 Å². The summed E-state index contributed by atoms with van der Waals surface area (Å²) in [5.74, 6) is 0. The van der Waals surface area contributed by atoms with Crippen molar-refractivity contribution in [2.45, 2.75) is 26.3 Å². The minimum Gasteiger partial charge on any atom is -0.324 e. The van der Waals surface area contributed by atoms with Gasteiger partial charge in [0.1, 0.15) is 0 Å². The van der Waals surface area contributed by atoms with E-state index in [0.29, 0.717) is 0 Å². The lowest BCUT2D eigenvalue weighted by Crippen LogP contribution is -2.23. The van der Waals surface area contributed by atoms with E-state index >= 15 is 0 Å². The zero-order valence-corrected chi connectivity index (χ0v) is 5.59. The smallest absolute Gasteiger partial charge is 0.0329 e. The molecule has 0 fully saturated rings. The third-order valence-electron chi connectivity index (χ3n) is 0.856. The van der Waals surface area contributed by atoms with Gasteiger partial charge in [-0.1, -0.05) is 19.1 Å². The number of hydrogen-bond donors (Lipinski definition) is 1. The minimum absolute atomic E-state index is 0.0972. The van der Waals surface area contributed by atoms with Crippen LogP contribution < -0.4 is 5.73 Å². The predicted molar refractivity (Wildman–Crippen MR) is 36.5 cm³/mol. The van der Waals surface area contributed by atoms with Crippen molar-refractivity contribution >= 4 is 17.1 Å². The van der Waals surface area contributed by atoms with Crippen molar-refractivity contribution in [1.29, 1.82) is 0 Å². The third-order valence-corrected chi connectivity index (χ3v) is 1.52. The summed E-state index contributed by atoms with van der Waals surface area (Å²) < 4.78 is 0. The Labute approximate surface area is 49.9 Å². The Bertz CT molecular complexity index is 68.5. The van der Waals surface area contributed by atoms with Gasteiger partial charge in [-0.2, -0.15) is 0 Å². The standard InChI is InChI=1S/C5H11NS/c1-3-5(7)4(2)6/h4H,3,6H2,1-2H3. The van der Waals surface area contributed by atoms with Crippen LogP contribution in [0.2, 0.25) is 0 Å². The van der Waals surface area contributed by atoms with Crippen LogP contribution >= 0.6 is 12.2 Å². The van der Waals surface area contributed by atoms with E-state index in [2.05, 4.69) is 0 Å². The van der Waals surface area contributed by atoms with Crippen molar-refractivity contribution < 1.29 is 0 Å². The first kappa shape index (κ1) is 7.05. The summed E-state index contributed by atoms with van der Waals surface area (Å²) in [6, 6.07) is 0.0972. The van der Waals surface area contributed by atoms with Crippen LogP contribution in [0.3, 0.4) is 0 Å². The molecule has 2 heteroatoms. The molecule has 0 spiro atoms. The van der Waals surface area contributed by atoms with E-state index in [-0.39, 0.29) is 6.04 Å². The van der Waals surface area contributed by atoms with Crippen LogP contribution in [0.5, 0.6) is 0 Å². The molecule has 0 amide bonds.